The molecule has 0 bridgehead atoms. The van der Waals surface area contributed by atoms with E-state index in [0.717, 1.165) is 6.42 Å². The number of hydrogen-bond acceptors (Lipinski definition) is 3. The zero-order valence-corrected chi connectivity index (χ0v) is 11.0. The van der Waals surface area contributed by atoms with Gasteiger partial charge in [-0.1, -0.05) is 6.92 Å². The molecule has 0 amide bonds. The second-order valence-corrected chi connectivity index (χ2v) is 4.13. The molecule has 1 rings (SSSR count). The highest BCUT2D eigenvalue weighted by Gasteiger charge is 2.30. The molecule has 19 heavy (non-hydrogen) atoms. The Morgan fingerprint density at radius 3 is 2.26 bits per heavy atom. The van der Waals surface area contributed by atoms with Gasteiger partial charge in [0.25, 0.3) is 0 Å². The summed E-state index contributed by atoms with van der Waals surface area (Å²) in [6.45, 7) is 5.31. The first-order valence-corrected chi connectivity index (χ1v) is 6.12. The smallest absolute Gasteiger partial charge is 0.492 e. The lowest BCUT2D eigenvalue weighted by molar-refractivity contribution is -0.274. The largest absolute Gasteiger partial charge is 0.573 e. The van der Waals surface area contributed by atoms with Gasteiger partial charge in [-0.3, -0.25) is 0 Å². The highest BCUT2D eigenvalue weighted by atomic mass is 19.4. The van der Waals surface area contributed by atoms with Crippen LogP contribution in [0.15, 0.2) is 24.3 Å². The van der Waals surface area contributed by atoms with Gasteiger partial charge in [-0.05, 0) is 37.6 Å². The van der Waals surface area contributed by atoms with E-state index in [1.54, 1.807) is 0 Å². The summed E-state index contributed by atoms with van der Waals surface area (Å²) in [6, 6.07) is 5.77. The van der Waals surface area contributed by atoms with Crippen LogP contribution in [-0.2, 0) is 0 Å². The lowest BCUT2D eigenvalue weighted by Gasteiger charge is -2.12. The lowest BCUT2D eigenvalue weighted by Crippen LogP contribution is -2.29. The number of benzene rings is 1. The van der Waals surface area contributed by atoms with Crippen LogP contribution < -0.4 is 14.8 Å². The van der Waals surface area contributed by atoms with E-state index in [4.69, 9.17) is 4.74 Å². The second-order valence-electron chi connectivity index (χ2n) is 4.13. The molecule has 1 aromatic carbocycles. The summed E-state index contributed by atoms with van der Waals surface area (Å²) >= 11 is 0. The molecular weight excluding hydrogens is 259 g/mol. The Morgan fingerprint density at radius 2 is 1.74 bits per heavy atom. The zero-order chi connectivity index (χ0) is 14.3. The van der Waals surface area contributed by atoms with Gasteiger partial charge >= 0.3 is 6.36 Å². The van der Waals surface area contributed by atoms with Crippen LogP contribution in [0.1, 0.15) is 20.3 Å². The Balaban J connectivity index is 2.32. The third-order valence-electron chi connectivity index (χ3n) is 2.53. The minimum Gasteiger partial charge on any atom is -0.492 e. The predicted molar refractivity (Wildman–Crippen MR) is 66.4 cm³/mol. The fourth-order valence-corrected chi connectivity index (χ4v) is 1.36. The lowest BCUT2D eigenvalue weighted by atomic mass is 10.3. The fraction of sp³-hybridized carbons (Fsp3) is 0.538. The van der Waals surface area contributed by atoms with Gasteiger partial charge in [0, 0.05) is 12.6 Å². The van der Waals surface area contributed by atoms with E-state index in [0.29, 0.717) is 24.9 Å². The summed E-state index contributed by atoms with van der Waals surface area (Å²) in [5.41, 5.74) is 0. The third-order valence-corrected chi connectivity index (χ3v) is 2.53. The Hall–Kier alpha value is -1.43. The summed E-state index contributed by atoms with van der Waals surface area (Å²) in [5.74, 6) is 0.262. The van der Waals surface area contributed by atoms with Crippen molar-refractivity contribution in [2.45, 2.75) is 32.7 Å². The van der Waals surface area contributed by atoms with Crippen LogP contribution in [0, 0.1) is 0 Å². The first-order chi connectivity index (χ1) is 8.90. The van der Waals surface area contributed by atoms with Crippen molar-refractivity contribution < 1.29 is 22.6 Å². The van der Waals surface area contributed by atoms with E-state index in [2.05, 4.69) is 23.9 Å². The first kappa shape index (κ1) is 15.6. The molecule has 1 N–H and O–H groups in total. The number of rotatable bonds is 7. The van der Waals surface area contributed by atoms with E-state index in [1.807, 2.05) is 0 Å². The molecule has 0 spiro atoms. The SMILES string of the molecule is CCC(C)NCCOc1ccc(OC(F)(F)F)cc1. The highest BCUT2D eigenvalue weighted by Crippen LogP contribution is 2.24. The van der Waals surface area contributed by atoms with Gasteiger partial charge < -0.3 is 14.8 Å². The fourth-order valence-electron chi connectivity index (χ4n) is 1.36. The van der Waals surface area contributed by atoms with Crippen LogP contribution in [0.3, 0.4) is 0 Å². The number of halogens is 3. The molecule has 0 fully saturated rings. The van der Waals surface area contributed by atoms with Crippen LogP contribution in [0.5, 0.6) is 11.5 Å². The normalized spacial score (nSPS) is 13.1. The van der Waals surface area contributed by atoms with E-state index < -0.39 is 6.36 Å². The van der Waals surface area contributed by atoms with Crippen LogP contribution >= 0.6 is 0 Å². The van der Waals surface area contributed by atoms with Crippen molar-refractivity contribution in [2.75, 3.05) is 13.2 Å². The highest BCUT2D eigenvalue weighted by molar-refractivity contribution is 5.31. The Morgan fingerprint density at radius 1 is 1.16 bits per heavy atom. The third kappa shape index (κ3) is 6.91. The quantitative estimate of drug-likeness (QED) is 0.775. The van der Waals surface area contributed by atoms with E-state index in [1.165, 1.54) is 24.3 Å². The molecule has 0 aliphatic rings. The van der Waals surface area contributed by atoms with Gasteiger partial charge in [0.2, 0.25) is 0 Å². The minimum absolute atomic E-state index is 0.252. The average molecular weight is 277 g/mol. The molecule has 0 radical (unpaired) electrons. The standard InChI is InChI=1S/C13H18F3NO2/c1-3-10(2)17-8-9-18-11-4-6-12(7-5-11)19-13(14,15)16/h4-7,10,17H,3,8-9H2,1-2H3. The van der Waals surface area contributed by atoms with Crippen molar-refractivity contribution >= 4 is 0 Å². The van der Waals surface area contributed by atoms with Crippen molar-refractivity contribution in [2.24, 2.45) is 0 Å². The van der Waals surface area contributed by atoms with E-state index >= 15 is 0 Å². The van der Waals surface area contributed by atoms with E-state index in [9.17, 15) is 13.2 Å². The molecule has 1 unspecified atom stereocenters. The van der Waals surface area contributed by atoms with Gasteiger partial charge in [-0.15, -0.1) is 13.2 Å². The van der Waals surface area contributed by atoms with Crippen molar-refractivity contribution in [3.63, 3.8) is 0 Å². The molecule has 1 aromatic rings. The van der Waals surface area contributed by atoms with Crippen molar-refractivity contribution in [3.8, 4) is 11.5 Å². The first-order valence-electron chi connectivity index (χ1n) is 6.12. The van der Waals surface area contributed by atoms with Crippen LogP contribution in [0.2, 0.25) is 0 Å². The maximum Gasteiger partial charge on any atom is 0.573 e. The van der Waals surface area contributed by atoms with Crippen LogP contribution in [0.25, 0.3) is 0 Å². The van der Waals surface area contributed by atoms with Gasteiger partial charge in [-0.25, -0.2) is 0 Å². The summed E-state index contributed by atoms with van der Waals surface area (Å²) in [6.07, 6.45) is -3.63. The average Bonchev–Trinajstić information content (AvgIpc) is 2.34. The van der Waals surface area contributed by atoms with Crippen molar-refractivity contribution in [1.29, 1.82) is 0 Å². The summed E-state index contributed by atoms with van der Waals surface area (Å²) in [4.78, 5) is 0. The molecule has 0 aromatic heterocycles. The molecular formula is C13H18F3NO2. The Labute approximate surface area is 110 Å². The maximum absolute atomic E-state index is 11.9. The van der Waals surface area contributed by atoms with Crippen molar-refractivity contribution in [1.82, 2.24) is 5.32 Å². The number of ether oxygens (including phenoxy) is 2. The minimum atomic E-state index is -4.66. The summed E-state index contributed by atoms with van der Waals surface area (Å²) in [7, 11) is 0. The van der Waals surface area contributed by atoms with Crippen LogP contribution in [0.4, 0.5) is 13.2 Å². The molecule has 3 nitrogen and oxygen atoms in total. The van der Waals surface area contributed by atoms with Gasteiger partial charge in [0.1, 0.15) is 18.1 Å². The van der Waals surface area contributed by atoms with Crippen LogP contribution in [-0.4, -0.2) is 25.6 Å². The zero-order valence-electron chi connectivity index (χ0n) is 11.0. The molecule has 0 aliphatic heterocycles. The molecule has 6 heteroatoms. The predicted octanol–water partition coefficient (Wildman–Crippen LogP) is 3.35. The maximum atomic E-state index is 11.9. The summed E-state index contributed by atoms with van der Waals surface area (Å²) in [5, 5.41) is 3.25. The molecule has 108 valence electrons. The Bertz CT molecular complexity index is 365. The Kier molecular flexibility index (Phi) is 5.95. The number of alkyl halides is 3. The van der Waals surface area contributed by atoms with Gasteiger partial charge in [0.05, 0.1) is 0 Å². The van der Waals surface area contributed by atoms with Crippen molar-refractivity contribution in [3.05, 3.63) is 24.3 Å². The molecule has 0 saturated heterocycles. The summed E-state index contributed by atoms with van der Waals surface area (Å²) < 4.78 is 45.0. The van der Waals surface area contributed by atoms with Gasteiger partial charge in [0.15, 0.2) is 0 Å². The van der Waals surface area contributed by atoms with E-state index in [-0.39, 0.29) is 5.75 Å². The topological polar surface area (TPSA) is 30.5 Å². The molecule has 1 atom stereocenters. The second kappa shape index (κ2) is 7.23. The van der Waals surface area contributed by atoms with Gasteiger partial charge in [-0.2, -0.15) is 0 Å². The molecule has 0 saturated carbocycles. The molecule has 0 heterocycles. The number of nitrogens with one attached hydrogen (secondary N) is 1. The monoisotopic (exact) mass is 277 g/mol. The molecule has 0 aliphatic carbocycles. The number of hydrogen-bond donors (Lipinski definition) is 1.